The van der Waals surface area contributed by atoms with Gasteiger partial charge < -0.3 is 10.1 Å². The van der Waals surface area contributed by atoms with Crippen LogP contribution in [-0.2, 0) is 4.74 Å². The first kappa shape index (κ1) is 43.3. The third kappa shape index (κ3) is 50.7. The lowest BCUT2D eigenvalue weighted by atomic mass is 10.1. The molecule has 0 radical (unpaired) electrons. The molecule has 1 aliphatic rings. The van der Waals surface area contributed by atoms with Crippen molar-refractivity contribution in [3.8, 4) is 0 Å². The molecule has 0 aromatic rings. The third-order valence-corrected chi connectivity index (χ3v) is 3.23. The number of ether oxygens (including phenoxy) is 1. The first-order chi connectivity index (χ1) is 14.7. The van der Waals surface area contributed by atoms with Gasteiger partial charge in [-0.15, -0.1) is 0 Å². The van der Waals surface area contributed by atoms with Crippen molar-refractivity contribution in [3.05, 3.63) is 23.8 Å². The maximum Gasteiger partial charge on any atom is 0.0789 e. The van der Waals surface area contributed by atoms with E-state index in [4.69, 9.17) is 4.74 Å². The molecule has 1 rings (SSSR count). The van der Waals surface area contributed by atoms with Gasteiger partial charge in [0.2, 0.25) is 0 Å². The Bertz CT molecular complexity index is 255. The molecule has 0 bridgehead atoms. The van der Waals surface area contributed by atoms with Gasteiger partial charge in [-0.3, -0.25) is 0 Å². The molecule has 0 aliphatic heterocycles. The highest BCUT2D eigenvalue weighted by molar-refractivity contribution is 5.25. The normalized spacial score (nSPS) is 12.6. The van der Waals surface area contributed by atoms with E-state index < -0.39 is 0 Å². The van der Waals surface area contributed by atoms with Gasteiger partial charge in [0.25, 0.3) is 0 Å². The summed E-state index contributed by atoms with van der Waals surface area (Å²) in [6.45, 7) is 28.9. The quantitative estimate of drug-likeness (QED) is 0.386. The minimum absolute atomic E-state index is 0.287. The van der Waals surface area contributed by atoms with Crippen molar-refractivity contribution in [1.29, 1.82) is 0 Å². The largest absolute Gasteiger partial charge is 0.377 e. The summed E-state index contributed by atoms with van der Waals surface area (Å²) >= 11 is 0. The Morgan fingerprint density at radius 3 is 1.50 bits per heavy atom. The molecule has 2 nitrogen and oxygen atoms in total. The second-order valence-corrected chi connectivity index (χ2v) is 5.70. The number of rotatable bonds is 8. The second kappa shape index (κ2) is 56.7. The Morgan fingerprint density at radius 1 is 0.800 bits per heavy atom. The summed E-state index contributed by atoms with van der Waals surface area (Å²) in [5.41, 5.74) is 1.37. The Balaban J connectivity index is -0.0000000687. The molecule has 0 saturated heterocycles. The average Bonchev–Trinajstić information content (AvgIpc) is 2.84. The highest BCUT2D eigenvalue weighted by Gasteiger charge is 2.05. The zero-order valence-electron chi connectivity index (χ0n) is 24.1. The van der Waals surface area contributed by atoms with Crippen LogP contribution < -0.4 is 5.32 Å². The Morgan fingerprint density at radius 2 is 1.23 bits per heavy atom. The van der Waals surface area contributed by atoms with Crippen molar-refractivity contribution in [2.24, 2.45) is 0 Å². The van der Waals surface area contributed by atoms with Crippen LogP contribution in [0.25, 0.3) is 0 Å². The Labute approximate surface area is 195 Å². The van der Waals surface area contributed by atoms with E-state index in [9.17, 15) is 0 Å². The van der Waals surface area contributed by atoms with E-state index >= 15 is 0 Å². The SMILES string of the molecule is CC.CC.CC.CC.CCC.CCCCCCC.CCNCC1=CCC(OC)C=C1. The molecule has 0 aromatic heterocycles. The number of likely N-dealkylation sites (N-methyl/N-ethyl adjacent to an activating group) is 1. The van der Waals surface area contributed by atoms with E-state index in [0.717, 1.165) is 19.5 Å². The molecular weight excluding hydrogens is 366 g/mol. The van der Waals surface area contributed by atoms with Gasteiger partial charge in [-0.2, -0.15) is 0 Å². The summed E-state index contributed by atoms with van der Waals surface area (Å²) in [6, 6.07) is 0. The van der Waals surface area contributed by atoms with Crippen molar-refractivity contribution in [2.75, 3.05) is 20.2 Å². The van der Waals surface area contributed by atoms with Crippen LogP contribution in [0.1, 0.15) is 135 Å². The fourth-order valence-corrected chi connectivity index (χ4v) is 1.90. The topological polar surface area (TPSA) is 21.3 Å². The second-order valence-electron chi connectivity index (χ2n) is 5.70. The molecule has 0 fully saturated rings. The van der Waals surface area contributed by atoms with Crippen LogP contribution in [0.15, 0.2) is 23.8 Å². The van der Waals surface area contributed by atoms with Crippen LogP contribution in [-0.4, -0.2) is 26.3 Å². The molecule has 0 saturated carbocycles. The lowest BCUT2D eigenvalue weighted by Crippen LogP contribution is -2.18. The first-order valence-electron chi connectivity index (χ1n) is 13.3. The van der Waals surface area contributed by atoms with E-state index in [2.05, 4.69) is 58.2 Å². The van der Waals surface area contributed by atoms with Crippen LogP contribution in [0.2, 0.25) is 0 Å². The van der Waals surface area contributed by atoms with E-state index in [1.165, 1.54) is 44.1 Å². The molecule has 2 heteroatoms. The molecule has 30 heavy (non-hydrogen) atoms. The van der Waals surface area contributed by atoms with Crippen LogP contribution >= 0.6 is 0 Å². The fourth-order valence-electron chi connectivity index (χ4n) is 1.90. The van der Waals surface area contributed by atoms with Crippen LogP contribution in [0.5, 0.6) is 0 Å². The standard InChI is InChI=1S/C10H17NO.C7H16.C3H8.4C2H6/c1-3-11-8-9-4-6-10(12-2)7-5-9;1-3-5-7-6-4-2;1-3-2;4*1-2/h4-6,10-11H,3,7-8H2,1-2H3;3-7H2,1-2H3;3H2,1-2H3;4*1-2H3. The summed E-state index contributed by atoms with van der Waals surface area (Å²) in [6.07, 6.45) is 16.0. The molecule has 0 amide bonds. The lowest BCUT2D eigenvalue weighted by molar-refractivity contribution is 0.142. The van der Waals surface area contributed by atoms with Gasteiger partial charge in [-0.05, 0) is 18.5 Å². The summed E-state index contributed by atoms with van der Waals surface area (Å²) in [5, 5.41) is 3.29. The van der Waals surface area contributed by atoms with Gasteiger partial charge in [0.05, 0.1) is 6.10 Å². The highest BCUT2D eigenvalue weighted by Crippen LogP contribution is 2.11. The zero-order chi connectivity index (χ0) is 25.1. The number of methoxy groups -OCH3 is 1. The van der Waals surface area contributed by atoms with Crippen molar-refractivity contribution >= 4 is 0 Å². The number of nitrogens with one attached hydrogen (secondary N) is 1. The highest BCUT2D eigenvalue weighted by atomic mass is 16.5. The molecule has 0 spiro atoms. The summed E-state index contributed by atoms with van der Waals surface area (Å²) in [5.74, 6) is 0. The maximum atomic E-state index is 5.19. The minimum Gasteiger partial charge on any atom is -0.377 e. The Hall–Kier alpha value is -0.600. The first-order valence-corrected chi connectivity index (χ1v) is 13.3. The van der Waals surface area contributed by atoms with E-state index in [0.29, 0.717) is 0 Å². The Kier molecular flexibility index (Phi) is 81.8. The van der Waals surface area contributed by atoms with E-state index in [-0.39, 0.29) is 6.10 Å². The van der Waals surface area contributed by atoms with E-state index in [1.807, 2.05) is 55.4 Å². The molecular formula is C28H65NO. The van der Waals surface area contributed by atoms with Crippen molar-refractivity contribution < 1.29 is 4.74 Å². The van der Waals surface area contributed by atoms with E-state index in [1.54, 1.807) is 7.11 Å². The molecule has 1 atom stereocenters. The smallest absolute Gasteiger partial charge is 0.0789 e. The third-order valence-electron chi connectivity index (χ3n) is 3.23. The van der Waals surface area contributed by atoms with Crippen molar-refractivity contribution in [3.63, 3.8) is 0 Å². The number of hydrogen-bond donors (Lipinski definition) is 1. The number of hydrogen-bond acceptors (Lipinski definition) is 2. The number of unbranched alkanes of at least 4 members (excludes halogenated alkanes) is 4. The monoisotopic (exact) mass is 432 g/mol. The summed E-state index contributed by atoms with van der Waals surface area (Å²) in [7, 11) is 1.75. The lowest BCUT2D eigenvalue weighted by Gasteiger charge is -2.14. The van der Waals surface area contributed by atoms with Gasteiger partial charge in [-0.25, -0.2) is 0 Å². The van der Waals surface area contributed by atoms with Crippen LogP contribution in [0.4, 0.5) is 0 Å². The predicted octanol–water partition coefficient (Wildman–Crippen LogP) is 9.99. The predicted molar refractivity (Wildman–Crippen MR) is 147 cm³/mol. The van der Waals surface area contributed by atoms with Gasteiger partial charge in [-0.1, -0.05) is 147 Å². The molecule has 0 heterocycles. The average molecular weight is 432 g/mol. The van der Waals surface area contributed by atoms with Gasteiger partial charge >= 0.3 is 0 Å². The van der Waals surface area contributed by atoms with Crippen molar-refractivity contribution in [1.82, 2.24) is 5.32 Å². The van der Waals surface area contributed by atoms with Gasteiger partial charge in [0.1, 0.15) is 0 Å². The summed E-state index contributed by atoms with van der Waals surface area (Å²) < 4.78 is 5.19. The van der Waals surface area contributed by atoms with Crippen LogP contribution in [0.3, 0.4) is 0 Å². The van der Waals surface area contributed by atoms with Crippen LogP contribution in [0, 0.1) is 0 Å². The molecule has 1 N–H and O–H groups in total. The molecule has 1 unspecified atom stereocenters. The molecule has 188 valence electrons. The molecule has 1 aliphatic carbocycles. The van der Waals surface area contributed by atoms with Gasteiger partial charge in [0.15, 0.2) is 0 Å². The van der Waals surface area contributed by atoms with Crippen molar-refractivity contribution in [2.45, 2.75) is 141 Å². The maximum absolute atomic E-state index is 5.19. The fraction of sp³-hybridized carbons (Fsp3) is 0.857. The molecule has 0 aromatic carbocycles. The zero-order valence-corrected chi connectivity index (χ0v) is 24.1. The van der Waals surface area contributed by atoms with Gasteiger partial charge in [0, 0.05) is 13.7 Å². The minimum atomic E-state index is 0.287. The summed E-state index contributed by atoms with van der Waals surface area (Å²) in [4.78, 5) is 0.